The molecular weight excluding hydrogens is 416 g/mol. The van der Waals surface area contributed by atoms with Crippen LogP contribution in [0.4, 0.5) is 10.5 Å². The van der Waals surface area contributed by atoms with Gasteiger partial charge in [-0.2, -0.15) is 4.31 Å². The van der Waals surface area contributed by atoms with Crippen molar-refractivity contribution in [3.8, 4) is 5.75 Å². The van der Waals surface area contributed by atoms with Gasteiger partial charge >= 0.3 is 11.7 Å². The van der Waals surface area contributed by atoms with Crippen molar-refractivity contribution >= 4 is 21.7 Å². The number of hydrogen-bond acceptors (Lipinski definition) is 7. The Bertz CT molecular complexity index is 852. The van der Waals surface area contributed by atoms with Gasteiger partial charge in [0.05, 0.1) is 23.0 Å². The van der Waals surface area contributed by atoms with Crippen LogP contribution < -0.4 is 10.1 Å². The molecule has 1 aliphatic heterocycles. The molecule has 0 aromatic heterocycles. The molecule has 0 radical (unpaired) electrons. The van der Waals surface area contributed by atoms with Crippen LogP contribution in [0.2, 0.25) is 0 Å². The highest BCUT2D eigenvalue weighted by Crippen LogP contribution is 2.30. The van der Waals surface area contributed by atoms with Crippen molar-refractivity contribution in [2.75, 3.05) is 46.4 Å². The smallest absolute Gasteiger partial charge is 0.317 e. The van der Waals surface area contributed by atoms with E-state index in [0.29, 0.717) is 19.6 Å². The lowest BCUT2D eigenvalue weighted by molar-refractivity contribution is -0.386. The molecule has 11 nitrogen and oxygen atoms in total. The van der Waals surface area contributed by atoms with Gasteiger partial charge in [0.25, 0.3) is 0 Å². The summed E-state index contributed by atoms with van der Waals surface area (Å²) < 4.78 is 37.3. The van der Waals surface area contributed by atoms with Gasteiger partial charge in [-0.3, -0.25) is 10.1 Å². The maximum Gasteiger partial charge on any atom is 0.317 e. The number of nitrogens with one attached hydrogen (secondary N) is 1. The third-order valence-corrected chi connectivity index (χ3v) is 6.45. The number of ether oxygens (including phenoxy) is 2. The first-order valence-corrected chi connectivity index (χ1v) is 11.1. The Morgan fingerprint density at radius 3 is 2.50 bits per heavy atom. The third-order valence-electron chi connectivity index (χ3n) is 4.56. The lowest BCUT2D eigenvalue weighted by Crippen LogP contribution is -2.53. The SMILES string of the molecule is COc1ccc(S(=O)(=O)N2CCN(C(=O)NCCCOC(C)C)CC2)cc1[N+](=O)[O-]. The molecular formula is C18H28N4O7S. The largest absolute Gasteiger partial charge is 0.490 e. The van der Waals surface area contributed by atoms with Crippen LogP contribution in [0.3, 0.4) is 0 Å². The number of nitro benzene ring substituents is 1. The number of hydrogen-bond donors (Lipinski definition) is 1. The fourth-order valence-electron chi connectivity index (χ4n) is 2.95. The zero-order valence-corrected chi connectivity index (χ0v) is 18.2. The summed E-state index contributed by atoms with van der Waals surface area (Å²) in [6.07, 6.45) is 0.831. The number of urea groups is 1. The molecule has 168 valence electrons. The highest BCUT2D eigenvalue weighted by Gasteiger charge is 2.31. The zero-order valence-electron chi connectivity index (χ0n) is 17.4. The molecule has 2 amide bonds. The Morgan fingerprint density at radius 2 is 1.93 bits per heavy atom. The number of methoxy groups -OCH3 is 1. The first-order valence-electron chi connectivity index (χ1n) is 9.63. The molecule has 0 saturated carbocycles. The number of benzene rings is 1. The van der Waals surface area contributed by atoms with Gasteiger partial charge < -0.3 is 19.7 Å². The molecule has 0 aliphatic carbocycles. The van der Waals surface area contributed by atoms with Gasteiger partial charge in [-0.25, -0.2) is 13.2 Å². The first kappa shape index (κ1) is 23.8. The van der Waals surface area contributed by atoms with Crippen molar-refractivity contribution in [1.29, 1.82) is 0 Å². The molecule has 0 atom stereocenters. The molecule has 1 aliphatic rings. The number of amides is 2. The lowest BCUT2D eigenvalue weighted by Gasteiger charge is -2.34. The van der Waals surface area contributed by atoms with Gasteiger partial charge in [-0.05, 0) is 32.4 Å². The minimum atomic E-state index is -3.93. The van der Waals surface area contributed by atoms with E-state index in [4.69, 9.17) is 9.47 Å². The molecule has 12 heteroatoms. The van der Waals surface area contributed by atoms with Gasteiger partial charge in [0.2, 0.25) is 10.0 Å². The highest BCUT2D eigenvalue weighted by atomic mass is 32.2. The number of carbonyl (C=O) groups excluding carboxylic acids is 1. The normalized spacial score (nSPS) is 15.3. The van der Waals surface area contributed by atoms with E-state index in [0.717, 1.165) is 6.07 Å². The van der Waals surface area contributed by atoms with Crippen LogP contribution in [-0.4, -0.2) is 81.1 Å². The van der Waals surface area contributed by atoms with E-state index in [1.165, 1.54) is 23.5 Å². The van der Waals surface area contributed by atoms with Gasteiger partial charge in [-0.15, -0.1) is 0 Å². The molecule has 30 heavy (non-hydrogen) atoms. The van der Waals surface area contributed by atoms with E-state index in [1.54, 1.807) is 4.90 Å². The molecule has 1 aromatic rings. The second-order valence-corrected chi connectivity index (χ2v) is 8.92. The summed E-state index contributed by atoms with van der Waals surface area (Å²) in [6.45, 7) is 5.57. The number of sulfonamides is 1. The number of nitro groups is 1. The van der Waals surface area contributed by atoms with Crippen molar-refractivity contribution in [2.45, 2.75) is 31.3 Å². The summed E-state index contributed by atoms with van der Waals surface area (Å²) in [7, 11) is -2.65. The molecule has 1 fully saturated rings. The maximum atomic E-state index is 12.9. The first-order chi connectivity index (χ1) is 14.2. The summed E-state index contributed by atoms with van der Waals surface area (Å²) in [5, 5.41) is 14.0. The van der Waals surface area contributed by atoms with Crippen LogP contribution in [0.25, 0.3) is 0 Å². The molecule has 2 rings (SSSR count). The average Bonchev–Trinajstić information content (AvgIpc) is 2.72. The van der Waals surface area contributed by atoms with E-state index in [-0.39, 0.29) is 49.0 Å². The summed E-state index contributed by atoms with van der Waals surface area (Å²) in [5.41, 5.74) is -0.418. The average molecular weight is 445 g/mol. The third kappa shape index (κ3) is 6.03. The Morgan fingerprint density at radius 1 is 1.27 bits per heavy atom. The predicted octanol–water partition coefficient (Wildman–Crippen LogP) is 1.43. The predicted molar refractivity (Wildman–Crippen MR) is 109 cm³/mol. The van der Waals surface area contributed by atoms with Gasteiger partial charge in [0.15, 0.2) is 5.75 Å². The fraction of sp³-hybridized carbons (Fsp3) is 0.611. The summed E-state index contributed by atoms with van der Waals surface area (Å²) in [6, 6.07) is 3.28. The topological polar surface area (TPSA) is 131 Å². The minimum absolute atomic E-state index is 0.0146. The molecule has 1 aromatic carbocycles. The lowest BCUT2D eigenvalue weighted by atomic mass is 10.3. The van der Waals surface area contributed by atoms with Crippen molar-refractivity contribution in [2.24, 2.45) is 0 Å². The van der Waals surface area contributed by atoms with Gasteiger partial charge in [0.1, 0.15) is 0 Å². The number of piperazine rings is 1. The van der Waals surface area contributed by atoms with E-state index >= 15 is 0 Å². The summed E-state index contributed by atoms with van der Waals surface area (Å²) in [4.78, 5) is 24.1. The van der Waals surface area contributed by atoms with Crippen LogP contribution in [-0.2, 0) is 14.8 Å². The summed E-state index contributed by atoms with van der Waals surface area (Å²) >= 11 is 0. The van der Waals surface area contributed by atoms with Crippen LogP contribution in [0.15, 0.2) is 23.1 Å². The van der Waals surface area contributed by atoms with Crippen LogP contribution in [0.1, 0.15) is 20.3 Å². The maximum absolute atomic E-state index is 12.9. The number of nitrogens with zero attached hydrogens (tertiary/aromatic N) is 3. The van der Waals surface area contributed by atoms with Crippen LogP contribution in [0.5, 0.6) is 5.75 Å². The van der Waals surface area contributed by atoms with Gasteiger partial charge in [0, 0.05) is 45.4 Å². The molecule has 0 unspecified atom stereocenters. The van der Waals surface area contributed by atoms with E-state index < -0.39 is 20.6 Å². The van der Waals surface area contributed by atoms with Crippen LogP contribution >= 0.6 is 0 Å². The van der Waals surface area contributed by atoms with E-state index in [2.05, 4.69) is 5.32 Å². The highest BCUT2D eigenvalue weighted by molar-refractivity contribution is 7.89. The Kier molecular flexibility index (Phi) is 8.38. The van der Waals surface area contributed by atoms with Crippen molar-refractivity contribution in [3.63, 3.8) is 0 Å². The quantitative estimate of drug-likeness (QED) is 0.346. The molecule has 0 spiro atoms. The molecule has 1 heterocycles. The monoisotopic (exact) mass is 444 g/mol. The Balaban J connectivity index is 1.93. The number of rotatable bonds is 9. The van der Waals surface area contributed by atoms with E-state index in [9.17, 15) is 23.3 Å². The van der Waals surface area contributed by atoms with Crippen LogP contribution in [0, 0.1) is 10.1 Å². The molecule has 1 saturated heterocycles. The standard InChI is InChI=1S/C18H28N4O7S/c1-14(2)29-12-4-7-19-18(23)20-8-10-21(11-9-20)30(26,27)15-5-6-17(28-3)16(13-15)22(24)25/h5-6,13-14H,4,7-12H2,1-3H3,(H,19,23). The molecule has 1 N–H and O–H groups in total. The van der Waals surface area contributed by atoms with Crippen molar-refractivity contribution < 1.29 is 27.6 Å². The fourth-order valence-corrected chi connectivity index (χ4v) is 4.39. The van der Waals surface area contributed by atoms with E-state index in [1.807, 2.05) is 13.8 Å². The van der Waals surface area contributed by atoms with Crippen molar-refractivity contribution in [1.82, 2.24) is 14.5 Å². The van der Waals surface area contributed by atoms with Gasteiger partial charge in [-0.1, -0.05) is 0 Å². The number of carbonyl (C=O) groups is 1. The Hall–Kier alpha value is -2.44. The Labute approximate surface area is 176 Å². The summed E-state index contributed by atoms with van der Waals surface area (Å²) in [5.74, 6) is -0.0146. The van der Waals surface area contributed by atoms with Crippen molar-refractivity contribution in [3.05, 3.63) is 28.3 Å². The molecule has 0 bridgehead atoms. The zero-order chi connectivity index (χ0) is 22.3. The minimum Gasteiger partial charge on any atom is -0.490 e. The second kappa shape index (κ2) is 10.5. The second-order valence-electron chi connectivity index (χ2n) is 6.99.